The molecule has 2 unspecified atom stereocenters. The van der Waals surface area contributed by atoms with Gasteiger partial charge in [0.15, 0.2) is 0 Å². The number of amides is 2. The number of rotatable bonds is 9. The lowest BCUT2D eigenvalue weighted by Gasteiger charge is -2.60. The molecule has 1 saturated heterocycles. The fourth-order valence-electron chi connectivity index (χ4n) is 8.15. The van der Waals surface area contributed by atoms with Crippen LogP contribution >= 0.6 is 27.5 Å². The van der Waals surface area contributed by atoms with Gasteiger partial charge in [-0.25, -0.2) is 0 Å². The third-order valence-corrected chi connectivity index (χ3v) is 10.5. The molecule has 2 aromatic rings. The first-order valence-corrected chi connectivity index (χ1v) is 15.8. The Hall–Kier alpha value is -2.09. The molecule has 1 heterocycles. The SMILES string of the molecule is O=C(CC12CC3CC(CC(Cl)(C3)C1)C2)NCC(=O)N1CCN(Cc2ccccc2OCc2ccc(Br)cc2)CC1. The Balaban J connectivity index is 0.945. The average Bonchev–Trinajstić information content (AvgIpc) is 2.91. The topological polar surface area (TPSA) is 61.9 Å². The number of alkyl halides is 1. The molecule has 214 valence electrons. The van der Waals surface area contributed by atoms with Gasteiger partial charge in [0.25, 0.3) is 0 Å². The van der Waals surface area contributed by atoms with E-state index in [0.717, 1.165) is 73.1 Å². The van der Waals surface area contributed by atoms with Gasteiger partial charge >= 0.3 is 0 Å². The minimum atomic E-state index is -0.0912. The molecule has 2 atom stereocenters. The van der Waals surface area contributed by atoms with E-state index < -0.39 is 0 Å². The van der Waals surface area contributed by atoms with E-state index in [0.29, 0.717) is 38.0 Å². The number of piperazine rings is 1. The zero-order valence-corrected chi connectivity index (χ0v) is 25.4. The van der Waals surface area contributed by atoms with Gasteiger partial charge in [-0.1, -0.05) is 46.3 Å². The molecule has 0 radical (unpaired) electrons. The molecule has 5 fully saturated rings. The number of para-hydroxylation sites is 1. The molecule has 2 aromatic carbocycles. The van der Waals surface area contributed by atoms with Gasteiger partial charge in [0.2, 0.25) is 11.8 Å². The predicted molar refractivity (Wildman–Crippen MR) is 160 cm³/mol. The molecule has 1 N–H and O–H groups in total. The maximum absolute atomic E-state index is 12.9. The molecule has 4 bridgehead atoms. The number of carbonyl (C=O) groups is 2. The zero-order chi connectivity index (χ0) is 27.7. The summed E-state index contributed by atoms with van der Waals surface area (Å²) in [5.41, 5.74) is 2.32. The van der Waals surface area contributed by atoms with Gasteiger partial charge in [-0.15, -0.1) is 11.6 Å². The summed E-state index contributed by atoms with van der Waals surface area (Å²) in [6.45, 7) is 4.31. The Labute approximate surface area is 250 Å². The molecule has 2 amide bonds. The molecule has 0 spiro atoms. The van der Waals surface area contributed by atoms with Gasteiger partial charge in [-0.3, -0.25) is 14.5 Å². The summed E-state index contributed by atoms with van der Waals surface area (Å²) in [5, 5.41) is 2.95. The van der Waals surface area contributed by atoms with Crippen LogP contribution in [0.25, 0.3) is 0 Å². The first kappa shape index (κ1) is 28.0. The number of nitrogens with one attached hydrogen (secondary N) is 1. The summed E-state index contributed by atoms with van der Waals surface area (Å²) in [7, 11) is 0. The second kappa shape index (κ2) is 11.7. The van der Waals surface area contributed by atoms with Crippen LogP contribution in [-0.2, 0) is 22.7 Å². The molecule has 7 rings (SSSR count). The molecule has 40 heavy (non-hydrogen) atoms. The highest BCUT2D eigenvalue weighted by molar-refractivity contribution is 9.10. The van der Waals surface area contributed by atoms with Gasteiger partial charge in [0.1, 0.15) is 12.4 Å². The number of carbonyl (C=O) groups excluding carboxylic acids is 2. The lowest BCUT2D eigenvalue weighted by Crippen LogP contribution is -2.54. The summed E-state index contributed by atoms with van der Waals surface area (Å²) < 4.78 is 7.21. The van der Waals surface area contributed by atoms with Crippen molar-refractivity contribution in [2.75, 3.05) is 32.7 Å². The van der Waals surface area contributed by atoms with Gasteiger partial charge in [0, 0.05) is 54.1 Å². The van der Waals surface area contributed by atoms with E-state index in [1.54, 1.807) is 0 Å². The fraction of sp³-hybridized carbons (Fsp3) is 0.562. The highest BCUT2D eigenvalue weighted by atomic mass is 79.9. The van der Waals surface area contributed by atoms with E-state index in [1.807, 2.05) is 35.2 Å². The summed E-state index contributed by atoms with van der Waals surface area (Å²) in [4.78, 5) is 30.0. The predicted octanol–water partition coefficient (Wildman–Crippen LogP) is 5.76. The largest absolute Gasteiger partial charge is 0.489 e. The van der Waals surface area contributed by atoms with Crippen LogP contribution < -0.4 is 10.1 Å². The van der Waals surface area contributed by atoms with Crippen molar-refractivity contribution in [3.05, 3.63) is 64.1 Å². The van der Waals surface area contributed by atoms with Crippen molar-refractivity contribution in [3.8, 4) is 5.75 Å². The number of hydrogen-bond donors (Lipinski definition) is 1. The Morgan fingerprint density at radius 2 is 1.68 bits per heavy atom. The van der Waals surface area contributed by atoms with Crippen molar-refractivity contribution in [3.63, 3.8) is 0 Å². The minimum absolute atomic E-state index is 0.00515. The molecule has 0 aromatic heterocycles. The van der Waals surface area contributed by atoms with Gasteiger partial charge in [-0.05, 0) is 79.5 Å². The summed E-state index contributed by atoms with van der Waals surface area (Å²) >= 11 is 10.4. The normalized spacial score (nSPS) is 29.4. The lowest BCUT2D eigenvalue weighted by atomic mass is 9.48. The van der Waals surface area contributed by atoms with Crippen LogP contribution in [-0.4, -0.2) is 59.2 Å². The van der Waals surface area contributed by atoms with E-state index in [-0.39, 0.29) is 28.6 Å². The van der Waals surface area contributed by atoms with Crippen LogP contribution in [0.15, 0.2) is 53.0 Å². The van der Waals surface area contributed by atoms with Crippen molar-refractivity contribution in [2.24, 2.45) is 17.3 Å². The van der Waals surface area contributed by atoms with Crippen molar-refractivity contribution in [2.45, 2.75) is 63.0 Å². The van der Waals surface area contributed by atoms with Crippen LogP contribution in [0.4, 0.5) is 0 Å². The molecule has 4 aliphatic carbocycles. The minimum Gasteiger partial charge on any atom is -0.489 e. The molecule has 4 saturated carbocycles. The number of ether oxygens (including phenoxy) is 1. The standard InChI is InChI=1S/C32H39BrClN3O3/c33-27-7-5-23(6-8-27)21-40-28-4-2-1-3-26(28)20-36-9-11-37(12-10-36)30(39)19-35-29(38)18-31-14-24-13-25(15-31)17-32(34,16-24)22-31/h1-8,24-25H,9-22H2,(H,35,38). The van der Waals surface area contributed by atoms with E-state index in [2.05, 4.69) is 44.3 Å². The maximum Gasteiger partial charge on any atom is 0.242 e. The Morgan fingerprint density at radius 1 is 0.975 bits per heavy atom. The van der Waals surface area contributed by atoms with E-state index in [9.17, 15) is 9.59 Å². The number of benzene rings is 2. The van der Waals surface area contributed by atoms with Crippen LogP contribution in [0.3, 0.4) is 0 Å². The average molecular weight is 629 g/mol. The van der Waals surface area contributed by atoms with Crippen molar-refractivity contribution in [1.82, 2.24) is 15.1 Å². The number of halogens is 2. The van der Waals surface area contributed by atoms with Crippen molar-refractivity contribution >= 4 is 39.3 Å². The van der Waals surface area contributed by atoms with Gasteiger partial charge < -0.3 is 15.0 Å². The van der Waals surface area contributed by atoms with Crippen LogP contribution in [0, 0.1) is 17.3 Å². The van der Waals surface area contributed by atoms with E-state index in [4.69, 9.17) is 16.3 Å². The van der Waals surface area contributed by atoms with Crippen LogP contribution in [0.2, 0.25) is 0 Å². The first-order valence-electron chi connectivity index (χ1n) is 14.7. The molecule has 6 nitrogen and oxygen atoms in total. The fourth-order valence-corrected chi connectivity index (χ4v) is 9.13. The smallest absolute Gasteiger partial charge is 0.242 e. The number of hydrogen-bond acceptors (Lipinski definition) is 4. The third-order valence-electron chi connectivity index (χ3n) is 9.48. The highest BCUT2D eigenvalue weighted by Crippen LogP contribution is 2.64. The van der Waals surface area contributed by atoms with Crippen LogP contribution in [0.1, 0.15) is 56.1 Å². The third kappa shape index (κ3) is 6.52. The monoisotopic (exact) mass is 627 g/mol. The van der Waals surface area contributed by atoms with E-state index >= 15 is 0 Å². The van der Waals surface area contributed by atoms with Crippen molar-refractivity contribution < 1.29 is 14.3 Å². The molecule has 8 heteroatoms. The second-order valence-corrected chi connectivity index (χ2v) is 14.5. The highest BCUT2D eigenvalue weighted by Gasteiger charge is 2.57. The maximum atomic E-state index is 12.9. The Kier molecular flexibility index (Phi) is 8.17. The van der Waals surface area contributed by atoms with Crippen LogP contribution in [0.5, 0.6) is 5.75 Å². The van der Waals surface area contributed by atoms with Gasteiger partial charge in [-0.2, -0.15) is 0 Å². The quantitative estimate of drug-likeness (QED) is 0.359. The Morgan fingerprint density at radius 3 is 2.38 bits per heavy atom. The number of nitrogens with zero attached hydrogens (tertiary/aromatic N) is 2. The second-order valence-electron chi connectivity index (χ2n) is 12.7. The first-order chi connectivity index (χ1) is 19.3. The van der Waals surface area contributed by atoms with E-state index in [1.165, 1.54) is 6.42 Å². The molecule has 1 aliphatic heterocycles. The lowest BCUT2D eigenvalue weighted by molar-refractivity contribution is -0.136. The molecular weight excluding hydrogens is 590 g/mol. The Bertz CT molecular complexity index is 1220. The zero-order valence-electron chi connectivity index (χ0n) is 23.0. The van der Waals surface area contributed by atoms with Gasteiger partial charge in [0.05, 0.1) is 6.54 Å². The van der Waals surface area contributed by atoms with Crippen molar-refractivity contribution in [1.29, 1.82) is 0 Å². The summed E-state index contributed by atoms with van der Waals surface area (Å²) in [6, 6.07) is 16.3. The summed E-state index contributed by atoms with van der Waals surface area (Å²) in [5.74, 6) is 2.26. The summed E-state index contributed by atoms with van der Waals surface area (Å²) in [6.07, 6.45) is 7.23. The molecule has 5 aliphatic rings. The molecular formula is C32H39BrClN3O3.